The summed E-state index contributed by atoms with van der Waals surface area (Å²) in [6.07, 6.45) is 57.6. The molecule has 14 heteroatoms. The zero-order valence-corrected chi connectivity index (χ0v) is 53.6. The van der Waals surface area contributed by atoms with E-state index in [1.54, 1.807) is 0 Å². The molecular weight excluding hydrogens is 1070 g/mol. The molecule has 0 aliphatic carbocycles. The summed E-state index contributed by atoms with van der Waals surface area (Å²) in [7, 11) is 0. The predicted octanol–water partition coefficient (Wildman–Crippen LogP) is 13.8. The molecule has 2 rings (SSSR count). The normalized spacial score (nSPS) is 24.0. The fourth-order valence-corrected chi connectivity index (χ4v) is 11.2. The van der Waals surface area contributed by atoms with E-state index in [4.69, 9.17) is 18.9 Å². The first kappa shape index (κ1) is 78.5. The molecule has 0 aromatic rings. The van der Waals surface area contributed by atoms with Gasteiger partial charge in [0.05, 0.1) is 32.0 Å². The van der Waals surface area contributed by atoms with Gasteiger partial charge in [-0.25, -0.2) is 0 Å². The summed E-state index contributed by atoms with van der Waals surface area (Å²) in [6, 6.07) is -0.834. The Labute approximate surface area is 517 Å². The maximum atomic E-state index is 13.3. The smallest absolute Gasteiger partial charge is 0.220 e. The van der Waals surface area contributed by atoms with E-state index < -0.39 is 86.8 Å². The summed E-state index contributed by atoms with van der Waals surface area (Å²) in [5.41, 5.74) is 0. The molecule has 494 valence electrons. The lowest BCUT2D eigenvalue weighted by molar-refractivity contribution is -0.359. The van der Waals surface area contributed by atoms with Crippen molar-refractivity contribution in [2.24, 2.45) is 0 Å². The number of aliphatic hydroxyl groups excluding tert-OH is 8. The summed E-state index contributed by atoms with van der Waals surface area (Å²) >= 11 is 0. The number of carbonyl (C=O) groups excluding carboxylic acids is 1. The first-order valence-corrected chi connectivity index (χ1v) is 34.7. The third kappa shape index (κ3) is 39.9. The van der Waals surface area contributed by atoms with Crippen molar-refractivity contribution in [1.29, 1.82) is 0 Å². The fourth-order valence-electron chi connectivity index (χ4n) is 11.2. The van der Waals surface area contributed by atoms with Gasteiger partial charge in [0.25, 0.3) is 0 Å². The summed E-state index contributed by atoms with van der Waals surface area (Å²) in [6.45, 7) is 2.77. The fraction of sp³-hybridized carbons (Fsp3) is 0.817. The molecule has 0 aromatic heterocycles. The Kier molecular flexibility index (Phi) is 51.3. The van der Waals surface area contributed by atoms with E-state index >= 15 is 0 Å². The molecule has 2 fully saturated rings. The van der Waals surface area contributed by atoms with Crippen molar-refractivity contribution >= 4 is 5.91 Å². The molecule has 14 nitrogen and oxygen atoms in total. The van der Waals surface area contributed by atoms with Crippen LogP contribution >= 0.6 is 0 Å². The van der Waals surface area contributed by atoms with Crippen LogP contribution in [0.5, 0.6) is 0 Å². The average Bonchev–Trinajstić information content (AvgIpc) is 3.68. The summed E-state index contributed by atoms with van der Waals surface area (Å²) in [5.74, 6) is -0.208. The third-order valence-corrected chi connectivity index (χ3v) is 16.7. The first-order valence-electron chi connectivity index (χ1n) is 34.7. The van der Waals surface area contributed by atoms with Gasteiger partial charge in [-0.05, 0) is 64.2 Å². The number of hydrogen-bond donors (Lipinski definition) is 9. The van der Waals surface area contributed by atoms with E-state index in [2.05, 4.69) is 92.1 Å². The molecule has 2 aliphatic rings. The number of hydrogen-bond acceptors (Lipinski definition) is 13. The van der Waals surface area contributed by atoms with Gasteiger partial charge in [0.1, 0.15) is 48.8 Å². The van der Waals surface area contributed by atoms with Gasteiger partial charge in [-0.2, -0.15) is 0 Å². The number of allylic oxidation sites excluding steroid dienone is 12. The molecule has 0 spiro atoms. The number of rotatable bonds is 56. The van der Waals surface area contributed by atoms with Crippen LogP contribution in [0.2, 0.25) is 0 Å². The number of ether oxygens (including phenoxy) is 4. The van der Waals surface area contributed by atoms with E-state index in [-0.39, 0.29) is 12.5 Å². The van der Waals surface area contributed by atoms with Gasteiger partial charge in [0.15, 0.2) is 12.6 Å². The maximum Gasteiger partial charge on any atom is 0.220 e. The molecule has 0 saturated carbocycles. The number of nitrogens with one attached hydrogen (secondary N) is 1. The second kappa shape index (κ2) is 55.5. The van der Waals surface area contributed by atoms with Gasteiger partial charge in [-0.15, -0.1) is 0 Å². The average molecular weight is 1200 g/mol. The van der Waals surface area contributed by atoms with Crippen LogP contribution in [0.15, 0.2) is 72.9 Å². The molecule has 9 N–H and O–H groups in total. The highest BCUT2D eigenvalue weighted by Crippen LogP contribution is 2.30. The van der Waals surface area contributed by atoms with Crippen molar-refractivity contribution < 1.29 is 64.6 Å². The molecule has 0 radical (unpaired) electrons. The maximum absolute atomic E-state index is 13.3. The van der Waals surface area contributed by atoms with Crippen LogP contribution in [0, 0.1) is 0 Å². The Morgan fingerprint density at radius 2 is 0.812 bits per heavy atom. The molecule has 2 aliphatic heterocycles. The van der Waals surface area contributed by atoms with E-state index in [1.165, 1.54) is 154 Å². The van der Waals surface area contributed by atoms with Crippen molar-refractivity contribution in [3.05, 3.63) is 72.9 Å². The molecule has 1 amide bonds. The van der Waals surface area contributed by atoms with Gasteiger partial charge in [-0.1, -0.05) is 279 Å². The Morgan fingerprint density at radius 1 is 0.435 bits per heavy atom. The van der Waals surface area contributed by atoms with Crippen molar-refractivity contribution in [2.45, 2.75) is 351 Å². The zero-order chi connectivity index (χ0) is 61.6. The SMILES string of the molecule is CC/C=C\C/C=C\C/C=C\C/C=C\C/C=C\C/C=C\CCCCCCCCCCCCCCC(=O)NC(COC1OC(CO)C(OC2OC(CO)C(O)C(O)C2O)C(O)C1O)C(O)CCCCCCCCCCCCCCCCCCCCCC. The van der Waals surface area contributed by atoms with Crippen LogP contribution in [0.25, 0.3) is 0 Å². The van der Waals surface area contributed by atoms with Gasteiger partial charge >= 0.3 is 0 Å². The highest BCUT2D eigenvalue weighted by Gasteiger charge is 2.51. The third-order valence-electron chi connectivity index (χ3n) is 16.7. The van der Waals surface area contributed by atoms with Crippen LogP contribution in [0.3, 0.4) is 0 Å². The first-order chi connectivity index (χ1) is 41.6. The van der Waals surface area contributed by atoms with Crippen molar-refractivity contribution in [3.8, 4) is 0 Å². The lowest BCUT2D eigenvalue weighted by Crippen LogP contribution is -2.65. The van der Waals surface area contributed by atoms with Crippen LogP contribution in [0.4, 0.5) is 0 Å². The Hall–Kier alpha value is -2.57. The standard InChI is InChI=1S/C71H127NO13/c1-3-5-7-9-11-13-15-17-19-21-23-25-26-27-28-29-30-31-32-33-34-35-37-39-41-43-45-47-49-51-53-55-63(76)72-59(60(75)54-52-50-48-46-44-42-40-38-36-24-22-20-18-16-14-12-10-8-6-4-2)58-82-70-68(81)66(79)69(62(57-74)84-70)85-71-67(80)65(78)64(77)61(56-73)83-71/h5,7,11,13,17,19,23,25,27-28,30-31,59-62,64-71,73-75,77-81H,3-4,6,8-10,12,14-16,18,20-22,24,26,29,32-58H2,1-2H3,(H,72,76)/b7-5-,13-11-,19-17-,25-23-,28-27-,31-30-. The summed E-state index contributed by atoms with van der Waals surface area (Å²) in [4.78, 5) is 13.3. The van der Waals surface area contributed by atoms with Crippen molar-refractivity contribution in [3.63, 3.8) is 0 Å². The lowest BCUT2D eigenvalue weighted by Gasteiger charge is -2.46. The Morgan fingerprint density at radius 3 is 1.25 bits per heavy atom. The van der Waals surface area contributed by atoms with Crippen LogP contribution < -0.4 is 5.32 Å². The molecule has 85 heavy (non-hydrogen) atoms. The largest absolute Gasteiger partial charge is 0.394 e. The number of amides is 1. The molecule has 12 atom stereocenters. The van der Waals surface area contributed by atoms with E-state index in [0.29, 0.717) is 12.8 Å². The van der Waals surface area contributed by atoms with Crippen molar-refractivity contribution in [2.75, 3.05) is 19.8 Å². The minimum Gasteiger partial charge on any atom is -0.394 e. The second-order valence-electron chi connectivity index (χ2n) is 24.3. The summed E-state index contributed by atoms with van der Waals surface area (Å²) in [5, 5.41) is 87.6. The van der Waals surface area contributed by atoms with Crippen molar-refractivity contribution in [1.82, 2.24) is 5.32 Å². The Balaban J connectivity index is 1.67. The van der Waals surface area contributed by atoms with E-state index in [9.17, 15) is 45.6 Å². The van der Waals surface area contributed by atoms with Crippen LogP contribution in [-0.2, 0) is 23.7 Å². The van der Waals surface area contributed by atoms with Crippen LogP contribution in [-0.4, -0.2) is 140 Å². The van der Waals surface area contributed by atoms with Gasteiger partial charge in [0, 0.05) is 6.42 Å². The van der Waals surface area contributed by atoms with E-state index in [0.717, 1.165) is 96.3 Å². The number of carbonyl (C=O) groups is 1. The zero-order valence-electron chi connectivity index (χ0n) is 53.6. The highest BCUT2D eigenvalue weighted by molar-refractivity contribution is 5.76. The second-order valence-corrected chi connectivity index (χ2v) is 24.3. The van der Waals surface area contributed by atoms with Gasteiger partial charge in [0.2, 0.25) is 5.91 Å². The molecule has 0 aromatic carbocycles. The summed E-state index contributed by atoms with van der Waals surface area (Å²) < 4.78 is 22.9. The minimum absolute atomic E-state index is 0.208. The number of aliphatic hydroxyl groups is 8. The quantitative estimate of drug-likeness (QED) is 0.0204. The van der Waals surface area contributed by atoms with Crippen LogP contribution in [0.1, 0.15) is 277 Å². The molecular formula is C71H127NO13. The predicted molar refractivity (Wildman–Crippen MR) is 346 cm³/mol. The monoisotopic (exact) mass is 1200 g/mol. The topological polar surface area (TPSA) is 228 Å². The minimum atomic E-state index is -1.79. The lowest BCUT2D eigenvalue weighted by atomic mass is 9.97. The Bertz CT molecular complexity index is 1700. The molecule has 2 heterocycles. The molecule has 12 unspecified atom stereocenters. The van der Waals surface area contributed by atoms with E-state index in [1.807, 2.05) is 0 Å². The molecule has 2 saturated heterocycles. The number of unbranched alkanes of at least 4 members (excludes halogenated alkanes) is 31. The highest BCUT2D eigenvalue weighted by atomic mass is 16.7. The molecule has 0 bridgehead atoms. The van der Waals surface area contributed by atoms with Gasteiger partial charge < -0.3 is 65.1 Å². The van der Waals surface area contributed by atoms with Gasteiger partial charge in [-0.3, -0.25) is 4.79 Å².